The van der Waals surface area contributed by atoms with Gasteiger partial charge in [0.05, 0.1) is 15.2 Å². The van der Waals surface area contributed by atoms with E-state index in [1.54, 1.807) is 23.5 Å². The standard InChI is InChI=1S/C11H10BrFN2S/c12-10-5-4-7(16-10)6-15-11-8(13)2-1-3-9(11)14/h1-5,15H,6,14H2. The predicted molar refractivity (Wildman–Crippen MR) is 70.2 cm³/mol. The van der Waals surface area contributed by atoms with Crippen LogP contribution in [0.4, 0.5) is 15.8 Å². The molecule has 0 aliphatic heterocycles. The summed E-state index contributed by atoms with van der Waals surface area (Å²) >= 11 is 4.99. The third-order valence-electron chi connectivity index (χ3n) is 2.11. The third-order valence-corrected chi connectivity index (χ3v) is 3.74. The monoisotopic (exact) mass is 300 g/mol. The zero-order valence-corrected chi connectivity index (χ0v) is 10.7. The molecular formula is C11H10BrFN2S. The van der Waals surface area contributed by atoms with E-state index in [1.165, 1.54) is 6.07 Å². The smallest absolute Gasteiger partial charge is 0.148 e. The SMILES string of the molecule is Nc1cccc(F)c1NCc1ccc(Br)s1. The van der Waals surface area contributed by atoms with Crippen molar-refractivity contribution in [2.75, 3.05) is 11.1 Å². The van der Waals surface area contributed by atoms with Crippen LogP contribution in [-0.4, -0.2) is 0 Å². The Balaban J connectivity index is 2.10. The molecule has 0 saturated heterocycles. The molecule has 0 radical (unpaired) electrons. The Morgan fingerprint density at radius 2 is 2.12 bits per heavy atom. The van der Waals surface area contributed by atoms with Crippen LogP contribution in [0.5, 0.6) is 0 Å². The van der Waals surface area contributed by atoms with Crippen LogP contribution in [-0.2, 0) is 6.54 Å². The van der Waals surface area contributed by atoms with E-state index in [2.05, 4.69) is 21.2 Å². The van der Waals surface area contributed by atoms with Gasteiger partial charge in [0.1, 0.15) is 5.82 Å². The lowest BCUT2D eigenvalue weighted by Crippen LogP contribution is -2.03. The first-order valence-electron chi connectivity index (χ1n) is 4.69. The number of halogens is 2. The quantitative estimate of drug-likeness (QED) is 0.845. The minimum absolute atomic E-state index is 0.323. The Hall–Kier alpha value is -1.07. The lowest BCUT2D eigenvalue weighted by atomic mass is 10.2. The van der Waals surface area contributed by atoms with Gasteiger partial charge in [-0.25, -0.2) is 4.39 Å². The minimum atomic E-state index is -0.323. The molecule has 0 fully saturated rings. The van der Waals surface area contributed by atoms with Gasteiger partial charge in [0.2, 0.25) is 0 Å². The first kappa shape index (κ1) is 11.4. The van der Waals surface area contributed by atoms with Crippen molar-refractivity contribution < 1.29 is 4.39 Å². The number of nitrogens with two attached hydrogens (primary N) is 1. The fourth-order valence-corrected chi connectivity index (χ4v) is 2.77. The van der Waals surface area contributed by atoms with Crippen molar-refractivity contribution in [2.24, 2.45) is 0 Å². The van der Waals surface area contributed by atoms with Crippen molar-refractivity contribution >= 4 is 38.6 Å². The molecule has 0 aliphatic carbocycles. The fraction of sp³-hybridized carbons (Fsp3) is 0.0909. The maximum Gasteiger partial charge on any atom is 0.148 e. The average molecular weight is 301 g/mol. The Bertz CT molecular complexity index is 478. The highest BCUT2D eigenvalue weighted by molar-refractivity contribution is 9.11. The van der Waals surface area contributed by atoms with Gasteiger partial charge < -0.3 is 11.1 Å². The number of rotatable bonds is 3. The van der Waals surface area contributed by atoms with Gasteiger partial charge in [-0.05, 0) is 40.2 Å². The van der Waals surface area contributed by atoms with Gasteiger partial charge in [0.15, 0.2) is 0 Å². The number of hydrogen-bond acceptors (Lipinski definition) is 3. The van der Waals surface area contributed by atoms with Crippen LogP contribution in [0.3, 0.4) is 0 Å². The number of para-hydroxylation sites is 1. The van der Waals surface area contributed by atoms with Crippen molar-refractivity contribution in [3.8, 4) is 0 Å². The normalized spacial score (nSPS) is 10.4. The van der Waals surface area contributed by atoms with Crippen molar-refractivity contribution in [3.05, 3.63) is 44.8 Å². The molecule has 0 spiro atoms. The number of hydrogen-bond donors (Lipinski definition) is 2. The van der Waals surface area contributed by atoms with Crippen LogP contribution in [0.25, 0.3) is 0 Å². The van der Waals surface area contributed by atoms with Crippen LogP contribution < -0.4 is 11.1 Å². The summed E-state index contributed by atoms with van der Waals surface area (Å²) < 4.78 is 14.5. The molecule has 5 heteroatoms. The topological polar surface area (TPSA) is 38.0 Å². The minimum Gasteiger partial charge on any atom is -0.397 e. The van der Waals surface area contributed by atoms with Crippen LogP contribution >= 0.6 is 27.3 Å². The number of nitrogens with one attached hydrogen (secondary N) is 1. The number of thiophene rings is 1. The number of nitrogen functional groups attached to an aromatic ring is 1. The second-order valence-electron chi connectivity index (χ2n) is 3.26. The summed E-state index contributed by atoms with van der Waals surface area (Å²) in [4.78, 5) is 1.12. The lowest BCUT2D eigenvalue weighted by molar-refractivity contribution is 0.631. The largest absolute Gasteiger partial charge is 0.397 e. The van der Waals surface area contributed by atoms with Crippen molar-refractivity contribution in [1.82, 2.24) is 0 Å². The molecule has 1 heterocycles. The van der Waals surface area contributed by atoms with Gasteiger partial charge in [0.25, 0.3) is 0 Å². The zero-order valence-electron chi connectivity index (χ0n) is 8.34. The van der Waals surface area contributed by atoms with E-state index >= 15 is 0 Å². The van der Waals surface area contributed by atoms with E-state index in [4.69, 9.17) is 5.73 Å². The van der Waals surface area contributed by atoms with Gasteiger partial charge in [-0.3, -0.25) is 0 Å². The molecule has 3 N–H and O–H groups in total. The second-order valence-corrected chi connectivity index (χ2v) is 5.81. The van der Waals surface area contributed by atoms with Gasteiger partial charge in [-0.2, -0.15) is 0 Å². The molecule has 1 aromatic heterocycles. The van der Waals surface area contributed by atoms with E-state index in [0.717, 1.165) is 8.66 Å². The van der Waals surface area contributed by atoms with Crippen LogP contribution in [0.1, 0.15) is 4.88 Å². The average Bonchev–Trinajstić information content (AvgIpc) is 2.63. The molecule has 84 valence electrons. The van der Waals surface area contributed by atoms with E-state index in [-0.39, 0.29) is 5.82 Å². The summed E-state index contributed by atoms with van der Waals surface area (Å²) in [5.41, 5.74) is 6.48. The van der Waals surface area contributed by atoms with Crippen molar-refractivity contribution in [3.63, 3.8) is 0 Å². The lowest BCUT2D eigenvalue weighted by Gasteiger charge is -2.08. The van der Waals surface area contributed by atoms with E-state index < -0.39 is 0 Å². The van der Waals surface area contributed by atoms with Crippen molar-refractivity contribution in [2.45, 2.75) is 6.54 Å². The molecule has 2 rings (SSSR count). The molecular weight excluding hydrogens is 291 g/mol. The van der Waals surface area contributed by atoms with E-state index in [9.17, 15) is 4.39 Å². The second kappa shape index (κ2) is 4.84. The molecule has 2 nitrogen and oxygen atoms in total. The summed E-state index contributed by atoms with van der Waals surface area (Å²) in [6, 6.07) is 8.61. The Morgan fingerprint density at radius 1 is 1.31 bits per heavy atom. The molecule has 0 aliphatic rings. The van der Waals surface area contributed by atoms with E-state index in [1.807, 2.05) is 12.1 Å². The van der Waals surface area contributed by atoms with Gasteiger partial charge in [-0.15, -0.1) is 11.3 Å². The van der Waals surface area contributed by atoms with Crippen molar-refractivity contribution in [1.29, 1.82) is 0 Å². The molecule has 0 amide bonds. The fourth-order valence-electron chi connectivity index (χ4n) is 1.35. The highest BCUT2D eigenvalue weighted by atomic mass is 79.9. The molecule has 0 unspecified atom stereocenters. The Labute approximate surface area is 105 Å². The summed E-state index contributed by atoms with van der Waals surface area (Å²) in [5, 5.41) is 3.00. The summed E-state index contributed by atoms with van der Waals surface area (Å²) in [5.74, 6) is -0.323. The highest BCUT2D eigenvalue weighted by Crippen LogP contribution is 2.25. The molecule has 2 aromatic rings. The van der Waals surface area contributed by atoms with Gasteiger partial charge >= 0.3 is 0 Å². The Morgan fingerprint density at radius 3 is 2.75 bits per heavy atom. The molecule has 0 bridgehead atoms. The van der Waals surface area contributed by atoms with Gasteiger partial charge in [0, 0.05) is 11.4 Å². The summed E-state index contributed by atoms with van der Waals surface area (Å²) in [7, 11) is 0. The highest BCUT2D eigenvalue weighted by Gasteiger charge is 2.05. The van der Waals surface area contributed by atoms with E-state index in [0.29, 0.717) is 17.9 Å². The molecule has 0 atom stereocenters. The molecule has 16 heavy (non-hydrogen) atoms. The number of benzene rings is 1. The first-order valence-corrected chi connectivity index (χ1v) is 6.30. The summed E-state index contributed by atoms with van der Waals surface area (Å²) in [6.07, 6.45) is 0. The van der Waals surface area contributed by atoms with Crippen LogP contribution in [0, 0.1) is 5.82 Å². The first-order chi connectivity index (χ1) is 7.66. The predicted octanol–water partition coefficient (Wildman–Crippen LogP) is 3.84. The maximum atomic E-state index is 13.4. The maximum absolute atomic E-state index is 13.4. The number of anilines is 2. The van der Waals surface area contributed by atoms with Crippen LogP contribution in [0.2, 0.25) is 0 Å². The third kappa shape index (κ3) is 2.54. The summed E-state index contributed by atoms with van der Waals surface area (Å²) in [6.45, 7) is 0.571. The van der Waals surface area contributed by atoms with Crippen LogP contribution in [0.15, 0.2) is 34.1 Å². The van der Waals surface area contributed by atoms with Gasteiger partial charge in [-0.1, -0.05) is 6.07 Å². The molecule has 0 saturated carbocycles. The zero-order chi connectivity index (χ0) is 11.5. The molecule has 1 aromatic carbocycles. The Kier molecular flexibility index (Phi) is 3.46.